The average Bonchev–Trinajstić information content (AvgIpc) is 2.96. The van der Waals surface area contributed by atoms with E-state index in [2.05, 4.69) is 30.6 Å². The first kappa shape index (κ1) is 13.0. The lowest BCUT2D eigenvalue weighted by atomic mass is 10.0. The van der Waals surface area contributed by atoms with Gasteiger partial charge in [0.2, 0.25) is 0 Å². The Kier molecular flexibility index (Phi) is 3.10. The number of hydrogen-bond donors (Lipinski definition) is 1. The Balaban J connectivity index is 1.35. The zero-order chi connectivity index (χ0) is 14.9. The first-order chi connectivity index (χ1) is 10.8. The van der Waals surface area contributed by atoms with E-state index in [9.17, 15) is 0 Å². The number of aromatic nitrogens is 4. The topological polar surface area (TPSA) is 80.0 Å². The molecule has 0 spiro atoms. The molecule has 0 amide bonds. The highest BCUT2D eigenvalue weighted by atomic mass is 16.3. The lowest BCUT2D eigenvalue weighted by molar-refractivity contribution is 0.425. The molecule has 7 nitrogen and oxygen atoms in total. The highest BCUT2D eigenvalue weighted by molar-refractivity contribution is 5.85. The predicted molar refractivity (Wildman–Crippen MR) is 82.8 cm³/mol. The number of hydrogen-bond acceptors (Lipinski definition) is 7. The first-order valence-electron chi connectivity index (χ1n) is 7.27. The van der Waals surface area contributed by atoms with Crippen molar-refractivity contribution >= 4 is 22.6 Å². The van der Waals surface area contributed by atoms with Gasteiger partial charge in [0.15, 0.2) is 17.2 Å². The van der Waals surface area contributed by atoms with Crippen LogP contribution in [0.3, 0.4) is 0 Å². The van der Waals surface area contributed by atoms with Crippen molar-refractivity contribution in [2.75, 3.05) is 29.9 Å². The van der Waals surface area contributed by atoms with Crippen molar-refractivity contribution in [3.63, 3.8) is 0 Å². The molecule has 0 unspecified atom stereocenters. The van der Waals surface area contributed by atoms with E-state index in [1.807, 2.05) is 25.1 Å². The van der Waals surface area contributed by atoms with Gasteiger partial charge in [-0.25, -0.2) is 0 Å². The number of nitrogens with zero attached hydrogens (tertiary/aromatic N) is 5. The summed E-state index contributed by atoms with van der Waals surface area (Å²) in [5.41, 5.74) is 1.70. The molecule has 1 fully saturated rings. The van der Waals surface area contributed by atoms with Crippen LogP contribution in [0, 0.1) is 12.8 Å². The molecular weight excluding hydrogens is 280 g/mol. The Hall–Kier alpha value is -2.70. The third kappa shape index (κ3) is 2.34. The number of aryl methyl sites for hydroxylation is 1. The molecule has 0 aromatic carbocycles. The number of rotatable bonds is 4. The monoisotopic (exact) mass is 296 g/mol. The minimum absolute atomic E-state index is 0.551. The van der Waals surface area contributed by atoms with Crippen molar-refractivity contribution in [3.05, 3.63) is 36.4 Å². The van der Waals surface area contributed by atoms with Gasteiger partial charge in [0.05, 0.1) is 18.2 Å². The van der Waals surface area contributed by atoms with E-state index < -0.39 is 0 Å². The fourth-order valence-electron chi connectivity index (χ4n) is 2.61. The number of nitrogens with one attached hydrogen (secondary N) is 1. The normalized spacial score (nSPS) is 15.0. The van der Waals surface area contributed by atoms with Gasteiger partial charge in [-0.15, -0.1) is 10.2 Å². The molecule has 0 aliphatic carbocycles. The molecule has 1 N–H and O–H groups in total. The Bertz CT molecular complexity index is 778. The fraction of sp³-hybridized carbons (Fsp3) is 0.333. The van der Waals surface area contributed by atoms with Crippen LogP contribution in [0.15, 0.2) is 35.1 Å². The highest BCUT2D eigenvalue weighted by Gasteiger charge is 2.28. The molecule has 0 bridgehead atoms. The molecule has 0 saturated carbocycles. The fourth-order valence-corrected chi connectivity index (χ4v) is 2.61. The smallest absolute Gasteiger partial charge is 0.192 e. The first-order valence-corrected chi connectivity index (χ1v) is 7.27. The lowest BCUT2D eigenvalue weighted by Gasteiger charge is -2.39. The van der Waals surface area contributed by atoms with Crippen LogP contribution in [0.25, 0.3) is 11.0 Å². The van der Waals surface area contributed by atoms with Crippen LogP contribution in [0.4, 0.5) is 11.6 Å². The van der Waals surface area contributed by atoms with Crippen LogP contribution < -0.4 is 10.2 Å². The van der Waals surface area contributed by atoms with E-state index in [-0.39, 0.29) is 0 Å². The summed E-state index contributed by atoms with van der Waals surface area (Å²) in [5, 5.41) is 20.7. The predicted octanol–water partition coefficient (Wildman–Crippen LogP) is 1.87. The van der Waals surface area contributed by atoms with Gasteiger partial charge in [-0.2, -0.15) is 10.2 Å². The molecular formula is C15H16N6O. The van der Waals surface area contributed by atoms with Crippen molar-refractivity contribution < 1.29 is 4.42 Å². The number of fused-ring (bicyclic) bond motifs is 1. The Labute approximate surface area is 127 Å². The summed E-state index contributed by atoms with van der Waals surface area (Å²) in [6.07, 6.45) is 3.35. The molecule has 3 aromatic rings. The molecule has 0 radical (unpaired) electrons. The van der Waals surface area contributed by atoms with Crippen molar-refractivity contribution in [3.8, 4) is 0 Å². The molecule has 4 rings (SSSR count). The summed E-state index contributed by atoms with van der Waals surface area (Å²) in [7, 11) is 0. The standard InChI is InChI=1S/C15H16N6O/c1-10-2-3-13(19-18-10)21-8-11(9-21)6-16-15-14-12(4-5-22-14)7-17-20-15/h2-5,7,11H,6,8-9H2,1H3,(H,16,20). The number of furan rings is 1. The Morgan fingerprint density at radius 3 is 2.95 bits per heavy atom. The summed E-state index contributed by atoms with van der Waals surface area (Å²) in [4.78, 5) is 2.22. The van der Waals surface area contributed by atoms with Gasteiger partial charge in [-0.1, -0.05) is 0 Å². The maximum absolute atomic E-state index is 5.44. The van der Waals surface area contributed by atoms with Gasteiger partial charge in [0.25, 0.3) is 0 Å². The van der Waals surface area contributed by atoms with Crippen molar-refractivity contribution in [2.45, 2.75) is 6.92 Å². The van der Waals surface area contributed by atoms with Gasteiger partial charge in [-0.05, 0) is 25.1 Å². The quantitative estimate of drug-likeness (QED) is 0.787. The molecule has 1 saturated heterocycles. The Morgan fingerprint density at radius 2 is 2.14 bits per heavy atom. The maximum atomic E-state index is 5.44. The highest BCUT2D eigenvalue weighted by Crippen LogP contribution is 2.24. The molecule has 112 valence electrons. The van der Waals surface area contributed by atoms with Gasteiger partial charge in [0, 0.05) is 30.9 Å². The van der Waals surface area contributed by atoms with Crippen LogP contribution in [0.5, 0.6) is 0 Å². The summed E-state index contributed by atoms with van der Waals surface area (Å²) >= 11 is 0. The molecule has 0 atom stereocenters. The minimum Gasteiger partial charge on any atom is -0.460 e. The van der Waals surface area contributed by atoms with Gasteiger partial charge in [-0.3, -0.25) is 0 Å². The zero-order valence-electron chi connectivity index (χ0n) is 12.2. The van der Waals surface area contributed by atoms with Crippen LogP contribution in [-0.4, -0.2) is 40.0 Å². The second kappa shape index (κ2) is 5.25. The number of anilines is 2. The second-order valence-corrected chi connectivity index (χ2v) is 5.58. The molecule has 1 aliphatic heterocycles. The van der Waals surface area contributed by atoms with Crippen molar-refractivity contribution in [1.82, 2.24) is 20.4 Å². The molecule has 7 heteroatoms. The van der Waals surface area contributed by atoms with E-state index in [0.717, 1.165) is 42.1 Å². The second-order valence-electron chi connectivity index (χ2n) is 5.58. The average molecular weight is 296 g/mol. The van der Waals surface area contributed by atoms with Gasteiger partial charge in [0.1, 0.15) is 0 Å². The summed E-state index contributed by atoms with van der Waals surface area (Å²) in [5.74, 6) is 2.20. The minimum atomic E-state index is 0.551. The Morgan fingerprint density at radius 1 is 1.23 bits per heavy atom. The van der Waals surface area contributed by atoms with E-state index in [0.29, 0.717) is 11.7 Å². The van der Waals surface area contributed by atoms with Crippen LogP contribution in [0.2, 0.25) is 0 Å². The summed E-state index contributed by atoms with van der Waals surface area (Å²) in [6.45, 7) is 4.71. The molecule has 3 aromatic heterocycles. The van der Waals surface area contributed by atoms with Crippen molar-refractivity contribution in [1.29, 1.82) is 0 Å². The van der Waals surface area contributed by atoms with Crippen LogP contribution in [0.1, 0.15) is 5.69 Å². The van der Waals surface area contributed by atoms with Gasteiger partial charge >= 0.3 is 0 Å². The lowest BCUT2D eigenvalue weighted by Crippen LogP contribution is -2.50. The maximum Gasteiger partial charge on any atom is 0.192 e. The van der Waals surface area contributed by atoms with E-state index in [1.54, 1.807) is 12.5 Å². The largest absolute Gasteiger partial charge is 0.460 e. The third-order valence-electron chi connectivity index (χ3n) is 3.89. The molecule has 22 heavy (non-hydrogen) atoms. The SMILES string of the molecule is Cc1ccc(N2CC(CNc3nncc4ccoc34)C2)nn1. The van der Waals surface area contributed by atoms with E-state index >= 15 is 0 Å². The van der Waals surface area contributed by atoms with Gasteiger partial charge < -0.3 is 14.6 Å². The third-order valence-corrected chi connectivity index (χ3v) is 3.89. The van der Waals surface area contributed by atoms with Crippen LogP contribution >= 0.6 is 0 Å². The summed E-state index contributed by atoms with van der Waals surface area (Å²) < 4.78 is 5.44. The van der Waals surface area contributed by atoms with E-state index in [4.69, 9.17) is 4.42 Å². The zero-order valence-corrected chi connectivity index (χ0v) is 12.2. The molecule has 4 heterocycles. The van der Waals surface area contributed by atoms with Crippen LogP contribution in [-0.2, 0) is 0 Å². The van der Waals surface area contributed by atoms with E-state index in [1.165, 1.54) is 0 Å². The molecule has 1 aliphatic rings. The summed E-state index contributed by atoms with van der Waals surface area (Å²) in [6, 6.07) is 5.89. The van der Waals surface area contributed by atoms with Crippen molar-refractivity contribution in [2.24, 2.45) is 5.92 Å².